The number of aromatic nitrogens is 1. The highest BCUT2D eigenvalue weighted by atomic mass is 32.2. The summed E-state index contributed by atoms with van der Waals surface area (Å²) in [5.41, 5.74) is 5.32. The third-order valence-electron chi connectivity index (χ3n) is 0.735. The van der Waals surface area contributed by atoms with Gasteiger partial charge in [0.1, 0.15) is 0 Å². The van der Waals surface area contributed by atoms with Crippen molar-refractivity contribution in [3.8, 4) is 0 Å². The van der Waals surface area contributed by atoms with Gasteiger partial charge in [0, 0.05) is 0 Å². The van der Waals surface area contributed by atoms with Crippen molar-refractivity contribution in [3.63, 3.8) is 0 Å². The molecule has 1 heterocycles. The van der Waals surface area contributed by atoms with Crippen LogP contribution in [0.5, 0.6) is 0 Å². The molecule has 1 aromatic heterocycles. The maximum absolute atomic E-state index is 5.35. The number of hydrogen-bond donors (Lipinski definition) is 3. The molecule has 1 rings (SSSR count). The maximum Gasteiger partial charge on any atom is 0.181 e. The van der Waals surface area contributed by atoms with Gasteiger partial charge in [-0.25, -0.2) is 14.9 Å². The van der Waals surface area contributed by atoms with Gasteiger partial charge in [0.05, 0.1) is 6.20 Å². The van der Waals surface area contributed by atoms with Gasteiger partial charge in [-0.2, -0.15) is 0 Å². The highest BCUT2D eigenvalue weighted by Gasteiger charge is 2.01. The van der Waals surface area contributed by atoms with Gasteiger partial charge in [-0.3, -0.25) is 0 Å². The average molecular weight is 163 g/mol. The first-order valence-electron chi connectivity index (χ1n) is 2.14. The molecule has 0 aromatic carbocycles. The summed E-state index contributed by atoms with van der Waals surface area (Å²) in [4.78, 5) is 3.78. The fourth-order valence-electron chi connectivity index (χ4n) is 0.381. The lowest BCUT2D eigenvalue weighted by Crippen LogP contribution is -2.38. The van der Waals surface area contributed by atoms with Crippen molar-refractivity contribution >= 4 is 27.3 Å². The normalized spacial score (nSPS) is 13.4. The molecule has 0 aliphatic heterocycles. The first-order chi connectivity index (χ1) is 4.20. The Morgan fingerprint density at radius 2 is 2.44 bits per heavy atom. The Balaban J connectivity index is 2.98. The minimum atomic E-state index is -0.682. The Morgan fingerprint density at radius 3 is 2.67 bits per heavy atom. The first kappa shape index (κ1) is 6.66. The zero-order valence-electron chi connectivity index (χ0n) is 4.57. The molecule has 50 valence electrons. The first-order valence-corrected chi connectivity index (χ1v) is 4.31. The van der Waals surface area contributed by atoms with Crippen molar-refractivity contribution in [1.82, 2.24) is 4.98 Å². The van der Waals surface area contributed by atoms with Crippen LogP contribution in [0, 0.1) is 0 Å². The lowest BCUT2D eigenvalue weighted by Gasteiger charge is -1.79. The van der Waals surface area contributed by atoms with Crippen LogP contribution >= 0.6 is 11.3 Å². The van der Waals surface area contributed by atoms with Crippen molar-refractivity contribution in [2.45, 2.75) is 4.21 Å². The van der Waals surface area contributed by atoms with E-state index in [0.717, 1.165) is 4.21 Å². The van der Waals surface area contributed by atoms with E-state index in [0.29, 0.717) is 5.13 Å². The summed E-state index contributed by atoms with van der Waals surface area (Å²) in [6.07, 6.45) is 1.60. The smallest absolute Gasteiger partial charge is 0.181 e. The van der Waals surface area contributed by atoms with Gasteiger partial charge in [-0.05, 0) is 0 Å². The molecular weight excluding hydrogens is 156 g/mol. The van der Waals surface area contributed by atoms with Gasteiger partial charge < -0.3 is 5.73 Å². The van der Waals surface area contributed by atoms with Gasteiger partial charge in [0.25, 0.3) is 0 Å². The summed E-state index contributed by atoms with van der Waals surface area (Å²) in [5.74, 6) is 0. The third kappa shape index (κ3) is 1.47. The van der Waals surface area contributed by atoms with E-state index in [-0.39, 0.29) is 0 Å². The lowest BCUT2D eigenvalue weighted by atomic mass is 11.0. The number of thiazole rings is 1. The number of nitrogens with two attached hydrogens (primary N) is 3. The highest BCUT2D eigenvalue weighted by molar-refractivity contribution is 7.84. The topological polar surface area (TPSA) is 90.5 Å². The molecule has 0 aliphatic carbocycles. The van der Waals surface area contributed by atoms with Crippen LogP contribution in [0.4, 0.5) is 5.13 Å². The molecule has 6 heteroatoms. The van der Waals surface area contributed by atoms with E-state index in [1.807, 2.05) is 0 Å². The van der Waals surface area contributed by atoms with Gasteiger partial charge in [-0.1, -0.05) is 11.3 Å². The second-order valence-electron chi connectivity index (χ2n) is 1.39. The molecule has 0 fully saturated rings. The van der Waals surface area contributed by atoms with Crippen LogP contribution < -0.4 is 15.7 Å². The van der Waals surface area contributed by atoms with E-state index >= 15 is 0 Å². The number of rotatable bonds is 1. The summed E-state index contributed by atoms with van der Waals surface area (Å²) in [6, 6.07) is 0. The zero-order valence-corrected chi connectivity index (χ0v) is 6.21. The summed E-state index contributed by atoms with van der Waals surface area (Å²) in [6.45, 7) is 0. The number of nitrogens with zero attached hydrogens (tertiary/aromatic N) is 1. The predicted octanol–water partition coefficient (Wildman–Crippen LogP) is -1.48. The quantitative estimate of drug-likeness (QED) is 0.471. The Bertz CT molecular complexity index is 229. The predicted molar refractivity (Wildman–Crippen MR) is 38.3 cm³/mol. The highest BCUT2D eigenvalue weighted by Crippen LogP contribution is 2.14. The van der Waals surface area contributed by atoms with E-state index in [4.69, 9.17) is 15.7 Å². The second-order valence-corrected chi connectivity index (χ2v) is 3.89. The molecule has 1 unspecified atom stereocenters. The largest absolute Gasteiger partial charge is 0.375 e. The van der Waals surface area contributed by atoms with E-state index < -0.39 is 10.9 Å². The van der Waals surface area contributed by atoms with Crippen LogP contribution in [0.3, 0.4) is 0 Å². The van der Waals surface area contributed by atoms with E-state index in [1.165, 1.54) is 11.3 Å². The SMILES string of the molecule is Nc1ncc(S(N)=[NH2+])s1. The summed E-state index contributed by atoms with van der Waals surface area (Å²) in [7, 11) is -0.682. The Hall–Kier alpha value is -0.460. The number of anilines is 1. The Labute approximate surface area is 58.9 Å². The van der Waals surface area contributed by atoms with Crippen LogP contribution in [-0.4, -0.2) is 4.98 Å². The Morgan fingerprint density at radius 1 is 1.78 bits per heavy atom. The van der Waals surface area contributed by atoms with Crippen LogP contribution in [0.1, 0.15) is 0 Å². The van der Waals surface area contributed by atoms with Crippen LogP contribution in [0.15, 0.2) is 10.4 Å². The molecule has 6 N–H and O–H groups in total. The molecule has 0 radical (unpaired) electrons. The van der Waals surface area contributed by atoms with Crippen LogP contribution in [-0.2, 0) is 10.9 Å². The van der Waals surface area contributed by atoms with Crippen LogP contribution in [0.25, 0.3) is 0 Å². The number of nitrogen functional groups attached to an aromatic ring is 1. The molecule has 0 aliphatic rings. The van der Waals surface area contributed by atoms with Crippen molar-refractivity contribution in [3.05, 3.63) is 6.20 Å². The standard InChI is InChI=1S/C3H6N4S2/c4-3-7-1-2(8-3)9(5)6/h1H,(H2,4,7)(H3,5,6)/p+1. The van der Waals surface area contributed by atoms with Gasteiger partial charge >= 0.3 is 0 Å². The number of hydrogen-bond acceptors (Lipinski definition) is 3. The van der Waals surface area contributed by atoms with E-state index in [1.54, 1.807) is 6.20 Å². The summed E-state index contributed by atoms with van der Waals surface area (Å²) < 4.78 is 6.19. The second kappa shape index (κ2) is 2.42. The van der Waals surface area contributed by atoms with Gasteiger partial charge in [-0.15, -0.1) is 0 Å². The van der Waals surface area contributed by atoms with Crippen molar-refractivity contribution in [2.24, 2.45) is 5.14 Å². The average Bonchev–Trinajstić information content (AvgIpc) is 2.14. The molecule has 0 spiro atoms. The molecule has 0 saturated carbocycles. The van der Waals surface area contributed by atoms with Gasteiger partial charge in [0.2, 0.25) is 0 Å². The minimum Gasteiger partial charge on any atom is -0.375 e. The molecule has 4 nitrogen and oxygen atoms in total. The molecule has 0 amide bonds. The van der Waals surface area contributed by atoms with E-state index in [2.05, 4.69) is 4.98 Å². The van der Waals surface area contributed by atoms with Crippen LogP contribution in [0.2, 0.25) is 0 Å². The van der Waals surface area contributed by atoms with Crippen molar-refractivity contribution in [1.29, 1.82) is 0 Å². The summed E-state index contributed by atoms with van der Waals surface area (Å²) in [5, 5.41) is 5.86. The van der Waals surface area contributed by atoms with E-state index in [9.17, 15) is 0 Å². The summed E-state index contributed by atoms with van der Waals surface area (Å²) >= 11 is 1.32. The molecular formula is C3H7N4S2+. The molecule has 1 atom stereocenters. The third-order valence-corrected chi connectivity index (χ3v) is 2.75. The molecule has 9 heavy (non-hydrogen) atoms. The monoisotopic (exact) mass is 163 g/mol. The van der Waals surface area contributed by atoms with Crippen molar-refractivity contribution in [2.75, 3.05) is 5.73 Å². The molecule has 0 saturated heterocycles. The Kier molecular flexibility index (Phi) is 1.79. The fourth-order valence-corrected chi connectivity index (χ4v) is 1.61. The maximum atomic E-state index is 5.35. The lowest BCUT2D eigenvalue weighted by molar-refractivity contribution is -0.0756. The van der Waals surface area contributed by atoms with Crippen molar-refractivity contribution < 1.29 is 4.78 Å². The van der Waals surface area contributed by atoms with Gasteiger partial charge in [0.15, 0.2) is 20.2 Å². The zero-order chi connectivity index (χ0) is 6.85. The molecule has 0 bridgehead atoms. The fraction of sp³-hybridized carbons (Fsp3) is 0. The molecule has 1 aromatic rings. The minimum absolute atomic E-state index is 0.512.